The number of ether oxygens (including phenoxy) is 1. The quantitative estimate of drug-likeness (QED) is 0.309. The van der Waals surface area contributed by atoms with E-state index in [9.17, 15) is 9.59 Å². The highest BCUT2D eigenvalue weighted by Crippen LogP contribution is 2.20. The molecule has 1 atom stereocenters. The zero-order chi connectivity index (χ0) is 25.8. The Morgan fingerprint density at radius 2 is 1.61 bits per heavy atom. The second-order valence-corrected chi connectivity index (χ2v) is 9.91. The number of rotatable bonds is 13. The number of nitrogens with zero attached hydrogens (tertiary/aromatic N) is 1. The van der Waals surface area contributed by atoms with Crippen LogP contribution in [0.25, 0.3) is 0 Å². The van der Waals surface area contributed by atoms with Crippen molar-refractivity contribution in [1.82, 2.24) is 10.2 Å². The topological polar surface area (TPSA) is 58.6 Å². The van der Waals surface area contributed by atoms with E-state index in [0.717, 1.165) is 28.9 Å². The maximum absolute atomic E-state index is 13.6. The molecule has 0 aliphatic carbocycles. The van der Waals surface area contributed by atoms with Crippen molar-refractivity contribution in [1.29, 1.82) is 0 Å². The molecule has 36 heavy (non-hydrogen) atoms. The summed E-state index contributed by atoms with van der Waals surface area (Å²) in [4.78, 5) is 28.6. The van der Waals surface area contributed by atoms with Crippen LogP contribution in [0.4, 0.5) is 0 Å². The molecule has 0 saturated carbocycles. The van der Waals surface area contributed by atoms with Crippen molar-refractivity contribution in [2.75, 3.05) is 19.4 Å². The summed E-state index contributed by atoms with van der Waals surface area (Å²) in [6.07, 6.45) is 1.27. The summed E-state index contributed by atoms with van der Waals surface area (Å²) >= 11 is 7.62. The summed E-state index contributed by atoms with van der Waals surface area (Å²) in [6, 6.07) is 24.4. The van der Waals surface area contributed by atoms with Gasteiger partial charge in [-0.25, -0.2) is 0 Å². The molecule has 1 unspecified atom stereocenters. The summed E-state index contributed by atoms with van der Waals surface area (Å²) in [5, 5.41) is 3.64. The van der Waals surface area contributed by atoms with E-state index < -0.39 is 6.04 Å². The molecule has 3 rings (SSSR count). The Morgan fingerprint density at radius 3 is 2.25 bits per heavy atom. The average molecular weight is 525 g/mol. The summed E-state index contributed by atoms with van der Waals surface area (Å²) in [6.45, 7) is 2.91. The van der Waals surface area contributed by atoms with Gasteiger partial charge in [0.2, 0.25) is 11.8 Å². The third-order valence-electron chi connectivity index (χ3n) is 5.74. The minimum atomic E-state index is -0.622. The second kappa shape index (κ2) is 14.6. The molecule has 0 radical (unpaired) electrons. The van der Waals surface area contributed by atoms with E-state index in [-0.39, 0.29) is 17.6 Å². The van der Waals surface area contributed by atoms with Crippen molar-refractivity contribution >= 4 is 35.2 Å². The van der Waals surface area contributed by atoms with Crippen molar-refractivity contribution in [3.8, 4) is 5.75 Å². The number of carbonyl (C=O) groups excluding carboxylic acids is 2. The number of carbonyl (C=O) groups is 2. The van der Waals surface area contributed by atoms with Crippen molar-refractivity contribution < 1.29 is 14.3 Å². The molecule has 0 fully saturated rings. The van der Waals surface area contributed by atoms with Crippen LogP contribution in [0.5, 0.6) is 5.75 Å². The minimum absolute atomic E-state index is 0.0731. The van der Waals surface area contributed by atoms with E-state index in [1.807, 2.05) is 73.7 Å². The molecule has 2 amide bonds. The van der Waals surface area contributed by atoms with Gasteiger partial charge in [-0.2, -0.15) is 0 Å². The zero-order valence-electron chi connectivity index (χ0n) is 20.8. The lowest BCUT2D eigenvalue weighted by atomic mass is 10.0. The van der Waals surface area contributed by atoms with Crippen LogP contribution in [0.3, 0.4) is 0 Å². The van der Waals surface area contributed by atoms with Gasteiger partial charge in [-0.1, -0.05) is 73.1 Å². The Balaban J connectivity index is 1.80. The molecular weight excluding hydrogens is 492 g/mol. The van der Waals surface area contributed by atoms with Crippen LogP contribution in [0.15, 0.2) is 78.9 Å². The van der Waals surface area contributed by atoms with E-state index in [1.165, 1.54) is 11.8 Å². The Labute approximate surface area is 223 Å². The summed E-state index contributed by atoms with van der Waals surface area (Å²) in [5.74, 6) is 1.55. The first-order valence-corrected chi connectivity index (χ1v) is 13.6. The minimum Gasteiger partial charge on any atom is -0.497 e. The van der Waals surface area contributed by atoms with Gasteiger partial charge in [-0.05, 0) is 47.4 Å². The number of hydrogen-bond acceptors (Lipinski definition) is 4. The van der Waals surface area contributed by atoms with E-state index in [1.54, 1.807) is 24.1 Å². The van der Waals surface area contributed by atoms with Gasteiger partial charge in [0.15, 0.2) is 0 Å². The van der Waals surface area contributed by atoms with Crippen LogP contribution >= 0.6 is 23.4 Å². The molecule has 0 spiro atoms. The van der Waals surface area contributed by atoms with Gasteiger partial charge in [0.25, 0.3) is 0 Å². The van der Waals surface area contributed by atoms with Crippen LogP contribution in [-0.4, -0.2) is 42.2 Å². The number of hydrogen-bond donors (Lipinski definition) is 1. The number of halogens is 1. The molecule has 0 aliphatic heterocycles. The third kappa shape index (κ3) is 8.61. The number of thioether (sulfide) groups is 1. The fourth-order valence-corrected chi connectivity index (χ4v) is 4.76. The lowest BCUT2D eigenvalue weighted by Crippen LogP contribution is -2.51. The van der Waals surface area contributed by atoms with Crippen molar-refractivity contribution in [3.63, 3.8) is 0 Å². The van der Waals surface area contributed by atoms with Crippen molar-refractivity contribution in [2.45, 2.75) is 38.1 Å². The second-order valence-electron chi connectivity index (χ2n) is 8.49. The van der Waals surface area contributed by atoms with Gasteiger partial charge < -0.3 is 15.0 Å². The zero-order valence-corrected chi connectivity index (χ0v) is 22.4. The van der Waals surface area contributed by atoms with Crippen LogP contribution in [0.1, 0.15) is 30.0 Å². The molecule has 1 N–H and O–H groups in total. The first-order valence-electron chi connectivity index (χ1n) is 12.1. The maximum Gasteiger partial charge on any atom is 0.243 e. The predicted octanol–water partition coefficient (Wildman–Crippen LogP) is 5.75. The van der Waals surface area contributed by atoms with Crippen molar-refractivity contribution in [2.24, 2.45) is 0 Å². The fraction of sp³-hybridized carbons (Fsp3) is 0.310. The van der Waals surface area contributed by atoms with Gasteiger partial charge in [-0.3, -0.25) is 9.59 Å². The molecule has 0 heterocycles. The Morgan fingerprint density at radius 1 is 0.944 bits per heavy atom. The standard InChI is InChI=1S/C29H33ClN2O3S/c1-3-17-31-29(34)27(18-22-7-5-4-6-8-22)32(19-23-9-13-25(30)14-10-23)28(33)21-36-20-24-11-15-26(35-2)16-12-24/h4-16,27H,3,17-21H2,1-2H3,(H,31,34). The van der Waals surface area contributed by atoms with Gasteiger partial charge in [0.1, 0.15) is 11.8 Å². The Bertz CT molecular complexity index is 1090. The van der Waals surface area contributed by atoms with Crippen molar-refractivity contribution in [3.05, 3.63) is 101 Å². The lowest BCUT2D eigenvalue weighted by Gasteiger charge is -2.31. The fourth-order valence-electron chi connectivity index (χ4n) is 3.77. The smallest absolute Gasteiger partial charge is 0.243 e. The molecule has 0 saturated heterocycles. The monoisotopic (exact) mass is 524 g/mol. The van der Waals surface area contributed by atoms with E-state index in [0.29, 0.717) is 30.3 Å². The van der Waals surface area contributed by atoms with Crippen LogP contribution in [0.2, 0.25) is 5.02 Å². The van der Waals surface area contributed by atoms with Crippen LogP contribution < -0.4 is 10.1 Å². The SMILES string of the molecule is CCCNC(=O)C(Cc1ccccc1)N(Cc1ccc(Cl)cc1)C(=O)CSCc1ccc(OC)cc1. The molecule has 0 aliphatic rings. The average Bonchev–Trinajstić information content (AvgIpc) is 2.91. The maximum atomic E-state index is 13.6. The Hall–Kier alpha value is -2.96. The van der Waals surface area contributed by atoms with Gasteiger partial charge in [-0.15, -0.1) is 11.8 Å². The summed E-state index contributed by atoms with van der Waals surface area (Å²) in [7, 11) is 1.64. The number of amides is 2. The molecule has 5 nitrogen and oxygen atoms in total. The summed E-state index contributed by atoms with van der Waals surface area (Å²) < 4.78 is 5.22. The first kappa shape index (κ1) is 27.6. The Kier molecular flexibility index (Phi) is 11.2. The predicted molar refractivity (Wildman–Crippen MR) is 148 cm³/mol. The highest BCUT2D eigenvalue weighted by molar-refractivity contribution is 7.99. The molecule has 190 valence electrons. The highest BCUT2D eigenvalue weighted by atomic mass is 35.5. The lowest BCUT2D eigenvalue weighted by molar-refractivity contribution is -0.139. The first-order chi connectivity index (χ1) is 17.5. The molecule has 3 aromatic rings. The molecule has 7 heteroatoms. The normalized spacial score (nSPS) is 11.5. The van der Waals surface area contributed by atoms with Crippen LogP contribution in [-0.2, 0) is 28.3 Å². The number of benzene rings is 3. The highest BCUT2D eigenvalue weighted by Gasteiger charge is 2.30. The molecular formula is C29H33ClN2O3S. The third-order valence-corrected chi connectivity index (χ3v) is 6.98. The number of nitrogens with one attached hydrogen (secondary N) is 1. The van der Waals surface area contributed by atoms with E-state index >= 15 is 0 Å². The number of methoxy groups -OCH3 is 1. The van der Waals surface area contributed by atoms with Crippen LogP contribution in [0, 0.1) is 0 Å². The molecule has 3 aromatic carbocycles. The molecule has 0 aromatic heterocycles. The molecule has 0 bridgehead atoms. The summed E-state index contributed by atoms with van der Waals surface area (Å²) in [5.41, 5.74) is 3.04. The van der Waals surface area contributed by atoms with Gasteiger partial charge in [0, 0.05) is 30.3 Å². The van der Waals surface area contributed by atoms with Gasteiger partial charge >= 0.3 is 0 Å². The van der Waals surface area contributed by atoms with E-state index in [2.05, 4.69) is 5.32 Å². The van der Waals surface area contributed by atoms with Gasteiger partial charge in [0.05, 0.1) is 12.9 Å². The largest absolute Gasteiger partial charge is 0.497 e. The van der Waals surface area contributed by atoms with E-state index in [4.69, 9.17) is 16.3 Å².